The zero-order valence-electron chi connectivity index (χ0n) is 13.1. The van der Waals surface area contributed by atoms with Gasteiger partial charge in [0, 0.05) is 30.7 Å². The van der Waals surface area contributed by atoms with E-state index in [1.54, 1.807) is 23.7 Å². The molecule has 0 radical (unpaired) electrons. The van der Waals surface area contributed by atoms with E-state index in [2.05, 4.69) is 36.8 Å². The van der Waals surface area contributed by atoms with Gasteiger partial charge in [0.25, 0.3) is 0 Å². The molecule has 0 saturated heterocycles. The van der Waals surface area contributed by atoms with Crippen LogP contribution in [0.25, 0.3) is 0 Å². The Morgan fingerprint density at radius 2 is 1.90 bits per heavy atom. The number of amides is 1. The Morgan fingerprint density at radius 3 is 2.52 bits per heavy atom. The van der Waals surface area contributed by atoms with E-state index >= 15 is 0 Å². The average molecular weight is 309 g/mol. The van der Waals surface area contributed by atoms with Gasteiger partial charge in [-0.15, -0.1) is 11.8 Å². The highest BCUT2D eigenvalue weighted by molar-refractivity contribution is 7.99. The number of hydrogen-bond donors (Lipinski definition) is 0. The van der Waals surface area contributed by atoms with Gasteiger partial charge in [0.1, 0.15) is 0 Å². The van der Waals surface area contributed by atoms with Crippen molar-refractivity contribution in [2.24, 2.45) is 0 Å². The van der Waals surface area contributed by atoms with Crippen LogP contribution in [0.5, 0.6) is 0 Å². The molecule has 0 aromatic heterocycles. The molecule has 1 rings (SSSR count). The second kappa shape index (κ2) is 8.72. The van der Waals surface area contributed by atoms with Gasteiger partial charge in [-0.3, -0.25) is 9.59 Å². The Hall–Kier alpha value is -1.49. The quantitative estimate of drug-likeness (QED) is 0.574. The fraction of sp³-hybridized carbons (Fsp3) is 0.500. The Bertz CT molecular complexity index is 502. The fourth-order valence-corrected chi connectivity index (χ4v) is 2.67. The first kappa shape index (κ1) is 17.6. The normalized spacial score (nSPS) is 10.3. The number of benzene rings is 1. The van der Waals surface area contributed by atoms with E-state index in [1.807, 2.05) is 0 Å². The molecule has 5 heteroatoms. The summed E-state index contributed by atoms with van der Waals surface area (Å²) in [5, 5.41) is 0. The van der Waals surface area contributed by atoms with Gasteiger partial charge in [0.15, 0.2) is 0 Å². The summed E-state index contributed by atoms with van der Waals surface area (Å²) in [5.74, 6) is 0.499. The molecule has 21 heavy (non-hydrogen) atoms. The van der Waals surface area contributed by atoms with Crippen LogP contribution in [0.2, 0.25) is 0 Å². The minimum absolute atomic E-state index is 0.0511. The van der Waals surface area contributed by atoms with E-state index in [0.717, 1.165) is 5.75 Å². The van der Waals surface area contributed by atoms with Gasteiger partial charge in [0.2, 0.25) is 5.91 Å². The zero-order valence-corrected chi connectivity index (χ0v) is 14.0. The van der Waals surface area contributed by atoms with Crippen molar-refractivity contribution in [1.82, 2.24) is 4.90 Å². The number of thioether (sulfide) groups is 1. The summed E-state index contributed by atoms with van der Waals surface area (Å²) in [6.07, 6.45) is 0.707. The first-order valence-corrected chi connectivity index (χ1v) is 7.93. The average Bonchev–Trinajstić information content (AvgIpc) is 2.47. The third kappa shape index (κ3) is 6.21. The van der Waals surface area contributed by atoms with Crippen LogP contribution in [0.3, 0.4) is 0 Å². The van der Waals surface area contributed by atoms with Gasteiger partial charge in [-0.1, -0.05) is 6.07 Å². The van der Waals surface area contributed by atoms with Crippen molar-refractivity contribution in [3.8, 4) is 0 Å². The first-order valence-electron chi connectivity index (χ1n) is 6.95. The predicted octanol–water partition coefficient (Wildman–Crippen LogP) is 2.81. The molecule has 0 atom stereocenters. The maximum Gasteiger partial charge on any atom is 0.307 e. The number of carbonyl (C=O) groups is 2. The lowest BCUT2D eigenvalue weighted by atomic mass is 10.1. The van der Waals surface area contributed by atoms with Gasteiger partial charge < -0.3 is 9.64 Å². The Kier molecular flexibility index (Phi) is 7.29. The van der Waals surface area contributed by atoms with Gasteiger partial charge in [-0.2, -0.15) is 0 Å². The summed E-state index contributed by atoms with van der Waals surface area (Å²) in [6, 6.07) is 6.33. The molecule has 0 unspecified atom stereocenters. The number of hydrogen-bond acceptors (Lipinski definition) is 4. The maximum absolute atomic E-state index is 11.9. The molecular formula is C16H23NO3S. The highest BCUT2D eigenvalue weighted by Gasteiger charge is 2.11. The van der Waals surface area contributed by atoms with Crippen LogP contribution in [0.15, 0.2) is 23.1 Å². The molecule has 1 amide bonds. The fourth-order valence-electron chi connectivity index (χ4n) is 1.74. The number of nitrogens with zero attached hydrogens (tertiary/aromatic N) is 1. The summed E-state index contributed by atoms with van der Waals surface area (Å²) in [7, 11) is 3.07. The van der Waals surface area contributed by atoms with Crippen molar-refractivity contribution in [3.05, 3.63) is 29.3 Å². The number of esters is 1. The zero-order chi connectivity index (χ0) is 15.8. The first-order chi connectivity index (χ1) is 9.93. The third-order valence-electron chi connectivity index (χ3n) is 3.37. The second-order valence-electron chi connectivity index (χ2n) is 4.99. The molecule has 0 N–H and O–H groups in total. The summed E-state index contributed by atoms with van der Waals surface area (Å²) in [6.45, 7) is 4.58. The van der Waals surface area contributed by atoms with Crippen LogP contribution >= 0.6 is 11.8 Å². The summed E-state index contributed by atoms with van der Waals surface area (Å²) >= 11 is 1.68. The SMILES string of the molecule is COC(=O)CCN(C)C(=O)CCSc1ccc(C)c(C)c1. The molecule has 0 bridgehead atoms. The van der Waals surface area contributed by atoms with Crippen molar-refractivity contribution in [3.63, 3.8) is 0 Å². The smallest absolute Gasteiger partial charge is 0.307 e. The lowest BCUT2D eigenvalue weighted by Crippen LogP contribution is -2.29. The highest BCUT2D eigenvalue weighted by Crippen LogP contribution is 2.21. The molecular weight excluding hydrogens is 286 g/mol. The van der Waals surface area contributed by atoms with E-state index < -0.39 is 0 Å². The van der Waals surface area contributed by atoms with Crippen LogP contribution < -0.4 is 0 Å². The Balaban J connectivity index is 2.32. The van der Waals surface area contributed by atoms with E-state index in [-0.39, 0.29) is 18.3 Å². The van der Waals surface area contributed by atoms with Crippen LogP contribution in [0.1, 0.15) is 24.0 Å². The highest BCUT2D eigenvalue weighted by atomic mass is 32.2. The van der Waals surface area contributed by atoms with Gasteiger partial charge >= 0.3 is 5.97 Å². The van der Waals surface area contributed by atoms with Crippen molar-refractivity contribution in [2.45, 2.75) is 31.6 Å². The lowest BCUT2D eigenvalue weighted by molar-refractivity contribution is -0.141. The van der Waals surface area contributed by atoms with Crippen molar-refractivity contribution in [2.75, 3.05) is 26.5 Å². The molecule has 0 aliphatic rings. The molecule has 0 heterocycles. The Labute approximate surface area is 130 Å². The van der Waals surface area contributed by atoms with E-state index in [0.29, 0.717) is 13.0 Å². The number of rotatable bonds is 7. The van der Waals surface area contributed by atoms with Crippen molar-refractivity contribution in [1.29, 1.82) is 0 Å². The lowest BCUT2D eigenvalue weighted by Gasteiger charge is -2.16. The van der Waals surface area contributed by atoms with Crippen molar-refractivity contribution >= 4 is 23.6 Å². The van der Waals surface area contributed by atoms with Crippen LogP contribution in [-0.4, -0.2) is 43.2 Å². The molecule has 1 aromatic rings. The van der Waals surface area contributed by atoms with Crippen LogP contribution in [0.4, 0.5) is 0 Å². The van der Waals surface area contributed by atoms with Gasteiger partial charge in [-0.25, -0.2) is 0 Å². The van der Waals surface area contributed by atoms with E-state index in [4.69, 9.17) is 0 Å². The molecule has 116 valence electrons. The standard InChI is InChI=1S/C16H23NO3S/c1-12-5-6-14(11-13(12)2)21-10-8-15(18)17(3)9-7-16(19)20-4/h5-6,11H,7-10H2,1-4H3. The molecule has 0 spiro atoms. The van der Waals surface area contributed by atoms with E-state index in [1.165, 1.54) is 23.1 Å². The Morgan fingerprint density at radius 1 is 1.19 bits per heavy atom. The van der Waals surface area contributed by atoms with Crippen molar-refractivity contribution < 1.29 is 14.3 Å². The molecule has 4 nitrogen and oxygen atoms in total. The minimum Gasteiger partial charge on any atom is -0.469 e. The molecule has 0 aliphatic heterocycles. The predicted molar refractivity (Wildman–Crippen MR) is 85.5 cm³/mol. The largest absolute Gasteiger partial charge is 0.469 e. The number of methoxy groups -OCH3 is 1. The number of aryl methyl sites for hydroxylation is 2. The summed E-state index contributed by atoms with van der Waals surface area (Å²) in [5.41, 5.74) is 2.54. The molecule has 1 aromatic carbocycles. The summed E-state index contributed by atoms with van der Waals surface area (Å²) in [4.78, 5) is 25.7. The van der Waals surface area contributed by atoms with Gasteiger partial charge in [-0.05, 0) is 37.1 Å². The summed E-state index contributed by atoms with van der Waals surface area (Å²) < 4.78 is 4.56. The van der Waals surface area contributed by atoms with Crippen LogP contribution in [-0.2, 0) is 14.3 Å². The number of carbonyl (C=O) groups excluding carboxylic acids is 2. The van der Waals surface area contributed by atoms with Gasteiger partial charge in [0.05, 0.1) is 13.5 Å². The van der Waals surface area contributed by atoms with Crippen LogP contribution in [0, 0.1) is 13.8 Å². The van der Waals surface area contributed by atoms with E-state index in [9.17, 15) is 9.59 Å². The minimum atomic E-state index is -0.292. The molecule has 0 aliphatic carbocycles. The topological polar surface area (TPSA) is 46.6 Å². The second-order valence-corrected chi connectivity index (χ2v) is 6.15. The number of ether oxygens (including phenoxy) is 1. The molecule has 0 fully saturated rings. The maximum atomic E-state index is 11.9. The third-order valence-corrected chi connectivity index (χ3v) is 4.36. The molecule has 0 saturated carbocycles. The monoisotopic (exact) mass is 309 g/mol.